The molecule has 0 spiro atoms. The third-order valence-corrected chi connectivity index (χ3v) is 2.21. The molecule has 2 N–H and O–H groups in total. The molecule has 0 amide bonds. The Morgan fingerprint density at radius 2 is 1.85 bits per heavy atom. The van der Waals surface area contributed by atoms with Crippen LogP contribution in [0.15, 0.2) is 18.2 Å². The quantitative estimate of drug-likeness (QED) is 0.445. The lowest BCUT2D eigenvalue weighted by molar-refractivity contribution is -0.174. The highest BCUT2D eigenvalue weighted by Crippen LogP contribution is 2.14. The van der Waals surface area contributed by atoms with Gasteiger partial charge >= 0.3 is 13.3 Å². The predicted molar refractivity (Wildman–Crippen MR) is 63.2 cm³/mol. The second-order valence-corrected chi connectivity index (χ2v) is 3.93. The van der Waals surface area contributed by atoms with Crippen molar-refractivity contribution in [3.05, 3.63) is 24.0 Å². The second kappa shape index (κ2) is 7.46. The molecule has 0 fully saturated rings. The summed E-state index contributed by atoms with van der Waals surface area (Å²) in [6, 6.07) is 3.15. The smallest absolute Gasteiger partial charge is 0.492 e. The van der Waals surface area contributed by atoms with Gasteiger partial charge in [0, 0.05) is 17.9 Å². The van der Waals surface area contributed by atoms with Crippen molar-refractivity contribution in [2.24, 2.45) is 0 Å². The fourth-order valence-electron chi connectivity index (χ4n) is 1.38. The van der Waals surface area contributed by atoms with E-state index < -0.39 is 25.7 Å². The largest absolute Gasteiger partial charge is 0.494 e. The van der Waals surface area contributed by atoms with Crippen LogP contribution in [0.3, 0.4) is 0 Å². The molecule has 0 heterocycles. The monoisotopic (exact) mass is 296 g/mol. The number of hydrogen-bond donors (Lipinski definition) is 2. The van der Waals surface area contributed by atoms with Crippen molar-refractivity contribution in [2.45, 2.75) is 12.6 Å². The SMILES string of the molecule is OB(O)c1ccc(F)cc1OCCCOCC(F)(F)F. The average molecular weight is 296 g/mol. The lowest BCUT2D eigenvalue weighted by Gasteiger charge is -2.11. The van der Waals surface area contributed by atoms with Crippen LogP contribution in [0.2, 0.25) is 0 Å². The molecular formula is C11H13BF4O4. The van der Waals surface area contributed by atoms with E-state index in [9.17, 15) is 17.6 Å². The van der Waals surface area contributed by atoms with Crippen LogP contribution in [0, 0.1) is 5.82 Å². The Hall–Kier alpha value is -1.32. The van der Waals surface area contributed by atoms with Crippen molar-refractivity contribution in [1.82, 2.24) is 0 Å². The first-order valence-electron chi connectivity index (χ1n) is 5.72. The fraction of sp³-hybridized carbons (Fsp3) is 0.455. The van der Waals surface area contributed by atoms with Gasteiger partial charge in [-0.3, -0.25) is 0 Å². The highest BCUT2D eigenvalue weighted by atomic mass is 19.4. The van der Waals surface area contributed by atoms with E-state index >= 15 is 0 Å². The van der Waals surface area contributed by atoms with Crippen LogP contribution in [0.1, 0.15) is 6.42 Å². The van der Waals surface area contributed by atoms with E-state index in [1.165, 1.54) is 0 Å². The van der Waals surface area contributed by atoms with Gasteiger partial charge in [0.1, 0.15) is 18.2 Å². The lowest BCUT2D eigenvalue weighted by Crippen LogP contribution is -2.31. The van der Waals surface area contributed by atoms with Crippen molar-refractivity contribution < 1.29 is 37.1 Å². The van der Waals surface area contributed by atoms with Gasteiger partial charge in [0.2, 0.25) is 0 Å². The Morgan fingerprint density at radius 1 is 1.15 bits per heavy atom. The Morgan fingerprint density at radius 3 is 2.45 bits per heavy atom. The molecule has 1 aromatic rings. The van der Waals surface area contributed by atoms with Crippen LogP contribution in [0.4, 0.5) is 17.6 Å². The van der Waals surface area contributed by atoms with Gasteiger partial charge in [-0.1, -0.05) is 6.07 Å². The normalized spacial score (nSPS) is 11.5. The minimum absolute atomic E-state index is 0.0254. The highest BCUT2D eigenvalue weighted by molar-refractivity contribution is 6.59. The first-order chi connectivity index (χ1) is 9.29. The summed E-state index contributed by atoms with van der Waals surface area (Å²) in [5.41, 5.74) is -0.0254. The zero-order valence-corrected chi connectivity index (χ0v) is 10.4. The first kappa shape index (κ1) is 16.7. The molecule has 0 bridgehead atoms. The number of benzene rings is 1. The van der Waals surface area contributed by atoms with Gasteiger partial charge in [-0.05, 0) is 6.07 Å². The third-order valence-electron chi connectivity index (χ3n) is 2.21. The van der Waals surface area contributed by atoms with Gasteiger partial charge in [0.25, 0.3) is 0 Å². The van der Waals surface area contributed by atoms with Crippen LogP contribution < -0.4 is 10.2 Å². The molecular weight excluding hydrogens is 283 g/mol. The minimum atomic E-state index is -4.38. The van der Waals surface area contributed by atoms with Gasteiger partial charge in [-0.25, -0.2) is 4.39 Å². The third kappa shape index (κ3) is 6.22. The highest BCUT2D eigenvalue weighted by Gasteiger charge is 2.27. The summed E-state index contributed by atoms with van der Waals surface area (Å²) in [6.45, 7) is -1.56. The van der Waals surface area contributed by atoms with Crippen LogP contribution in [0.25, 0.3) is 0 Å². The predicted octanol–water partition coefficient (Wildman–Crippen LogP) is 0.853. The zero-order valence-electron chi connectivity index (χ0n) is 10.4. The molecule has 112 valence electrons. The van der Waals surface area contributed by atoms with Gasteiger partial charge in [0.15, 0.2) is 0 Å². The topological polar surface area (TPSA) is 58.9 Å². The van der Waals surface area contributed by atoms with Gasteiger partial charge in [-0.15, -0.1) is 0 Å². The van der Waals surface area contributed by atoms with Crippen LogP contribution in [-0.4, -0.2) is 43.2 Å². The Bertz CT molecular complexity index is 425. The maximum absolute atomic E-state index is 13.0. The van der Waals surface area contributed by atoms with E-state index in [0.29, 0.717) is 0 Å². The molecule has 0 saturated heterocycles. The van der Waals surface area contributed by atoms with Gasteiger partial charge in [-0.2, -0.15) is 13.2 Å². The minimum Gasteiger partial charge on any atom is -0.494 e. The molecule has 0 aliphatic heterocycles. The standard InChI is InChI=1S/C11H13BF4O4/c13-8-2-3-9(12(17)18)10(6-8)20-5-1-4-19-7-11(14,15)16/h2-3,6,17-18H,1,4-5,7H2. The Labute approximate surface area is 113 Å². The summed E-state index contributed by atoms with van der Waals surface area (Å²) in [5, 5.41) is 18.1. The summed E-state index contributed by atoms with van der Waals surface area (Å²) < 4.78 is 57.7. The summed E-state index contributed by atoms with van der Waals surface area (Å²) in [6.07, 6.45) is -4.23. The number of alkyl halides is 3. The van der Waals surface area contributed by atoms with E-state index in [1.807, 2.05) is 0 Å². The Kier molecular flexibility index (Phi) is 6.25. The van der Waals surface area contributed by atoms with Crippen molar-refractivity contribution in [1.29, 1.82) is 0 Å². The number of hydrogen-bond acceptors (Lipinski definition) is 4. The fourth-order valence-corrected chi connectivity index (χ4v) is 1.38. The summed E-state index contributed by atoms with van der Waals surface area (Å²) in [7, 11) is -1.83. The van der Waals surface area contributed by atoms with E-state index in [0.717, 1.165) is 18.2 Å². The van der Waals surface area contributed by atoms with E-state index in [4.69, 9.17) is 14.8 Å². The first-order valence-corrected chi connectivity index (χ1v) is 5.72. The molecule has 1 rings (SSSR count). The molecule has 9 heteroatoms. The Balaban J connectivity index is 2.37. The number of rotatable bonds is 7. The molecule has 0 aliphatic rings. The van der Waals surface area contributed by atoms with Crippen molar-refractivity contribution in [3.8, 4) is 5.75 Å². The molecule has 0 saturated carbocycles. The lowest BCUT2D eigenvalue weighted by atomic mass is 9.79. The van der Waals surface area contributed by atoms with Crippen LogP contribution in [0.5, 0.6) is 5.75 Å². The van der Waals surface area contributed by atoms with Gasteiger partial charge < -0.3 is 19.5 Å². The van der Waals surface area contributed by atoms with E-state index in [1.54, 1.807) is 0 Å². The second-order valence-electron chi connectivity index (χ2n) is 3.93. The zero-order chi connectivity index (χ0) is 15.2. The molecule has 0 aromatic heterocycles. The summed E-state index contributed by atoms with van der Waals surface area (Å²) in [5.74, 6) is -0.700. The average Bonchev–Trinajstić information content (AvgIpc) is 2.32. The van der Waals surface area contributed by atoms with Crippen molar-refractivity contribution in [3.63, 3.8) is 0 Å². The maximum atomic E-state index is 13.0. The molecule has 0 radical (unpaired) electrons. The van der Waals surface area contributed by atoms with E-state index in [2.05, 4.69) is 4.74 Å². The molecule has 20 heavy (non-hydrogen) atoms. The molecule has 0 atom stereocenters. The van der Waals surface area contributed by atoms with E-state index in [-0.39, 0.29) is 30.8 Å². The molecule has 1 aromatic carbocycles. The molecule has 0 aliphatic carbocycles. The molecule has 0 unspecified atom stereocenters. The van der Waals surface area contributed by atoms with Crippen LogP contribution in [-0.2, 0) is 4.74 Å². The number of ether oxygens (including phenoxy) is 2. The summed E-state index contributed by atoms with van der Waals surface area (Å²) >= 11 is 0. The van der Waals surface area contributed by atoms with Crippen LogP contribution >= 0.6 is 0 Å². The number of halogens is 4. The van der Waals surface area contributed by atoms with Crippen molar-refractivity contribution in [2.75, 3.05) is 19.8 Å². The summed E-state index contributed by atoms with van der Waals surface area (Å²) in [4.78, 5) is 0. The van der Waals surface area contributed by atoms with Crippen molar-refractivity contribution >= 4 is 12.6 Å². The maximum Gasteiger partial charge on any atom is 0.492 e. The van der Waals surface area contributed by atoms with Gasteiger partial charge in [0.05, 0.1) is 13.2 Å². The molecule has 4 nitrogen and oxygen atoms in total.